The van der Waals surface area contributed by atoms with E-state index in [1.54, 1.807) is 25.2 Å². The van der Waals surface area contributed by atoms with Crippen LogP contribution in [-0.2, 0) is 16.0 Å². The SMILES string of the molecule is CN1CC(=O)N(CCCC(=O)Oc2ccc3c(c2)CCCC3=O)C1=O. The van der Waals surface area contributed by atoms with Crippen molar-refractivity contribution in [2.75, 3.05) is 20.1 Å². The molecule has 0 radical (unpaired) electrons. The third-order valence-electron chi connectivity index (χ3n) is 4.45. The number of imide groups is 1. The lowest BCUT2D eigenvalue weighted by atomic mass is 9.90. The zero-order valence-electron chi connectivity index (χ0n) is 14.1. The van der Waals surface area contributed by atoms with Crippen molar-refractivity contribution in [2.24, 2.45) is 0 Å². The quantitative estimate of drug-likeness (QED) is 0.462. The molecule has 25 heavy (non-hydrogen) atoms. The van der Waals surface area contributed by atoms with Crippen LogP contribution in [0.1, 0.15) is 41.6 Å². The number of aryl methyl sites for hydroxylation is 1. The monoisotopic (exact) mass is 344 g/mol. The molecule has 1 saturated heterocycles. The molecule has 7 heteroatoms. The summed E-state index contributed by atoms with van der Waals surface area (Å²) in [6.07, 6.45) is 2.65. The van der Waals surface area contributed by atoms with Crippen molar-refractivity contribution in [2.45, 2.75) is 32.1 Å². The van der Waals surface area contributed by atoms with Crippen LogP contribution >= 0.6 is 0 Å². The van der Waals surface area contributed by atoms with E-state index in [9.17, 15) is 19.2 Å². The molecule has 2 aliphatic rings. The number of hydrogen-bond donors (Lipinski definition) is 0. The second kappa shape index (κ2) is 7.04. The highest BCUT2D eigenvalue weighted by Crippen LogP contribution is 2.25. The van der Waals surface area contributed by atoms with Crippen molar-refractivity contribution in [3.63, 3.8) is 0 Å². The number of ketones is 1. The van der Waals surface area contributed by atoms with Crippen molar-refractivity contribution < 1.29 is 23.9 Å². The summed E-state index contributed by atoms with van der Waals surface area (Å²) in [5.74, 6) is -0.120. The molecule has 1 fully saturated rings. The first-order valence-electron chi connectivity index (χ1n) is 8.38. The molecular formula is C18H20N2O5. The molecule has 3 rings (SSSR count). The number of benzene rings is 1. The molecule has 0 bridgehead atoms. The molecule has 3 amide bonds. The highest BCUT2D eigenvalue weighted by Gasteiger charge is 2.32. The highest BCUT2D eigenvalue weighted by molar-refractivity contribution is 6.01. The van der Waals surface area contributed by atoms with E-state index in [0.717, 1.165) is 23.3 Å². The molecule has 1 aliphatic heterocycles. The number of nitrogens with zero attached hydrogens (tertiary/aromatic N) is 2. The van der Waals surface area contributed by atoms with Gasteiger partial charge in [0.15, 0.2) is 5.78 Å². The lowest BCUT2D eigenvalue weighted by Crippen LogP contribution is -2.32. The number of urea groups is 1. The van der Waals surface area contributed by atoms with Crippen LogP contribution in [0.2, 0.25) is 0 Å². The van der Waals surface area contributed by atoms with Crippen molar-refractivity contribution >= 4 is 23.7 Å². The van der Waals surface area contributed by atoms with E-state index < -0.39 is 5.97 Å². The first-order chi connectivity index (χ1) is 12.0. The second-order valence-corrected chi connectivity index (χ2v) is 6.36. The topological polar surface area (TPSA) is 84.0 Å². The normalized spacial score (nSPS) is 17.1. The summed E-state index contributed by atoms with van der Waals surface area (Å²) in [6, 6.07) is 4.74. The van der Waals surface area contributed by atoms with Gasteiger partial charge in [-0.15, -0.1) is 0 Å². The number of hydrogen-bond acceptors (Lipinski definition) is 5. The van der Waals surface area contributed by atoms with Gasteiger partial charge in [-0.2, -0.15) is 0 Å². The maximum absolute atomic E-state index is 12.0. The lowest BCUT2D eigenvalue weighted by molar-refractivity contribution is -0.135. The maximum atomic E-state index is 12.0. The van der Waals surface area contributed by atoms with E-state index in [4.69, 9.17) is 4.74 Å². The number of carbonyl (C=O) groups is 4. The van der Waals surface area contributed by atoms with Gasteiger partial charge in [-0.05, 0) is 43.0 Å². The standard InChI is InChI=1S/C18H20N2O5/c1-19-11-16(22)20(18(19)24)9-3-6-17(23)25-13-7-8-14-12(10-13)4-2-5-15(14)21/h7-8,10H,2-6,9,11H2,1H3. The minimum atomic E-state index is -0.422. The van der Waals surface area contributed by atoms with Crippen molar-refractivity contribution in [3.05, 3.63) is 29.3 Å². The van der Waals surface area contributed by atoms with Gasteiger partial charge in [0, 0.05) is 32.0 Å². The minimum Gasteiger partial charge on any atom is -0.427 e. The molecule has 7 nitrogen and oxygen atoms in total. The zero-order valence-corrected chi connectivity index (χ0v) is 14.1. The van der Waals surface area contributed by atoms with Crippen LogP contribution in [-0.4, -0.2) is 53.6 Å². The van der Waals surface area contributed by atoms with Gasteiger partial charge >= 0.3 is 12.0 Å². The summed E-state index contributed by atoms with van der Waals surface area (Å²) in [5.41, 5.74) is 1.62. The van der Waals surface area contributed by atoms with Gasteiger partial charge in [-0.1, -0.05) is 0 Å². The summed E-state index contributed by atoms with van der Waals surface area (Å²) in [5, 5.41) is 0. The van der Waals surface area contributed by atoms with Gasteiger partial charge in [0.1, 0.15) is 12.3 Å². The zero-order chi connectivity index (χ0) is 18.0. The highest BCUT2D eigenvalue weighted by atomic mass is 16.5. The number of fused-ring (bicyclic) bond motifs is 1. The van der Waals surface area contributed by atoms with E-state index in [1.165, 1.54) is 4.90 Å². The predicted molar refractivity (Wildman–Crippen MR) is 88.3 cm³/mol. The number of carbonyl (C=O) groups excluding carboxylic acids is 4. The fraction of sp³-hybridized carbons (Fsp3) is 0.444. The van der Waals surface area contributed by atoms with Gasteiger partial charge in [0.25, 0.3) is 0 Å². The molecule has 132 valence electrons. The molecule has 1 heterocycles. The Hall–Kier alpha value is -2.70. The molecule has 0 atom stereocenters. The van der Waals surface area contributed by atoms with E-state index in [2.05, 4.69) is 0 Å². The Labute approximate surface area is 145 Å². The average Bonchev–Trinajstić information content (AvgIpc) is 2.81. The number of rotatable bonds is 5. The average molecular weight is 344 g/mol. The van der Waals surface area contributed by atoms with E-state index >= 15 is 0 Å². The first kappa shape index (κ1) is 17.1. The second-order valence-electron chi connectivity index (χ2n) is 6.36. The van der Waals surface area contributed by atoms with Gasteiger partial charge in [-0.3, -0.25) is 19.3 Å². The van der Waals surface area contributed by atoms with Gasteiger partial charge in [0.05, 0.1) is 0 Å². The number of likely N-dealkylation sites (N-methyl/N-ethyl adjacent to an activating group) is 1. The molecule has 1 aliphatic carbocycles. The summed E-state index contributed by atoms with van der Waals surface area (Å²) in [4.78, 5) is 49.6. The van der Waals surface area contributed by atoms with Gasteiger partial charge < -0.3 is 9.64 Å². The molecule has 0 saturated carbocycles. The van der Waals surface area contributed by atoms with Crippen molar-refractivity contribution in [1.29, 1.82) is 0 Å². The molecule has 0 spiro atoms. The fourth-order valence-electron chi connectivity index (χ4n) is 3.14. The Kier molecular flexibility index (Phi) is 4.83. The van der Waals surface area contributed by atoms with Gasteiger partial charge in [0.2, 0.25) is 5.91 Å². The fourth-order valence-corrected chi connectivity index (χ4v) is 3.14. The maximum Gasteiger partial charge on any atom is 0.326 e. The van der Waals surface area contributed by atoms with Crippen LogP contribution in [0.4, 0.5) is 4.79 Å². The lowest BCUT2D eigenvalue weighted by Gasteiger charge is -2.16. The van der Waals surface area contributed by atoms with E-state index in [1.807, 2.05) is 0 Å². The van der Waals surface area contributed by atoms with Crippen LogP contribution < -0.4 is 4.74 Å². The van der Waals surface area contributed by atoms with Gasteiger partial charge in [-0.25, -0.2) is 4.79 Å². The Bertz CT molecular complexity index is 743. The molecule has 0 aromatic heterocycles. The molecule has 0 N–H and O–H groups in total. The van der Waals surface area contributed by atoms with Crippen LogP contribution in [0.5, 0.6) is 5.75 Å². The van der Waals surface area contributed by atoms with E-state index in [0.29, 0.717) is 24.2 Å². The Morgan fingerprint density at radius 1 is 1.20 bits per heavy atom. The third-order valence-corrected chi connectivity index (χ3v) is 4.45. The van der Waals surface area contributed by atoms with Crippen molar-refractivity contribution in [1.82, 2.24) is 9.80 Å². The van der Waals surface area contributed by atoms with E-state index in [-0.39, 0.29) is 37.2 Å². The van der Waals surface area contributed by atoms with Crippen LogP contribution in [0.3, 0.4) is 0 Å². The minimum absolute atomic E-state index is 0.0805. The summed E-state index contributed by atoms with van der Waals surface area (Å²) in [7, 11) is 1.56. The van der Waals surface area contributed by atoms with Crippen LogP contribution in [0, 0.1) is 0 Å². The Morgan fingerprint density at radius 3 is 2.72 bits per heavy atom. The molecule has 1 aromatic carbocycles. The molecule has 1 aromatic rings. The van der Waals surface area contributed by atoms with Crippen molar-refractivity contribution in [3.8, 4) is 5.75 Å². The Morgan fingerprint density at radius 2 is 2.00 bits per heavy atom. The first-order valence-corrected chi connectivity index (χ1v) is 8.38. The Balaban J connectivity index is 1.51. The number of ether oxygens (including phenoxy) is 1. The number of esters is 1. The molecular weight excluding hydrogens is 324 g/mol. The van der Waals surface area contributed by atoms with Crippen LogP contribution in [0.25, 0.3) is 0 Å². The van der Waals surface area contributed by atoms with Crippen LogP contribution in [0.15, 0.2) is 18.2 Å². The number of amides is 3. The number of Topliss-reactive ketones (excluding diaryl/α,β-unsaturated/α-hetero) is 1. The summed E-state index contributed by atoms with van der Waals surface area (Å²) in [6.45, 7) is 0.285. The largest absolute Gasteiger partial charge is 0.427 e. The predicted octanol–water partition coefficient (Wildman–Crippen LogP) is 1.79. The third kappa shape index (κ3) is 3.70. The molecule has 0 unspecified atom stereocenters. The summed E-state index contributed by atoms with van der Waals surface area (Å²) >= 11 is 0. The summed E-state index contributed by atoms with van der Waals surface area (Å²) < 4.78 is 5.31. The smallest absolute Gasteiger partial charge is 0.326 e.